The number of amides is 1. The van der Waals surface area contributed by atoms with Gasteiger partial charge in [-0.15, -0.1) is 10.2 Å². The lowest BCUT2D eigenvalue weighted by molar-refractivity contribution is -0.121. The molecule has 4 aromatic rings. The zero-order valence-electron chi connectivity index (χ0n) is 17.6. The molecule has 0 atom stereocenters. The van der Waals surface area contributed by atoms with Crippen LogP contribution in [0.3, 0.4) is 0 Å². The third-order valence-electron chi connectivity index (χ3n) is 4.77. The molecule has 1 N–H and O–H groups in total. The summed E-state index contributed by atoms with van der Waals surface area (Å²) in [6, 6.07) is 15.5. The van der Waals surface area contributed by atoms with Crippen molar-refractivity contribution in [3.63, 3.8) is 0 Å². The Morgan fingerprint density at radius 1 is 1.06 bits per heavy atom. The molecular weight excluding hydrogens is 392 g/mol. The molecule has 0 aliphatic carbocycles. The average molecular weight is 416 g/mol. The van der Waals surface area contributed by atoms with Gasteiger partial charge in [0.05, 0.1) is 12.2 Å². The number of nitrogens with zero attached hydrogens (tertiary/aromatic N) is 7. The summed E-state index contributed by atoms with van der Waals surface area (Å²) in [7, 11) is 0. The molecule has 158 valence electrons. The molecule has 0 bridgehead atoms. The minimum atomic E-state index is -0.0222. The summed E-state index contributed by atoms with van der Waals surface area (Å²) in [5.74, 6) is 1.32. The highest BCUT2D eigenvalue weighted by Gasteiger charge is 2.08. The average Bonchev–Trinajstić information content (AvgIpc) is 3.39. The number of aromatic nitrogens is 7. The maximum Gasteiger partial charge on any atom is 0.220 e. The Morgan fingerprint density at radius 3 is 2.61 bits per heavy atom. The van der Waals surface area contributed by atoms with E-state index >= 15 is 0 Å². The first kappa shape index (κ1) is 20.4. The van der Waals surface area contributed by atoms with Gasteiger partial charge in [-0.25, -0.2) is 9.67 Å². The number of carbonyl (C=O) groups is 1. The monoisotopic (exact) mass is 416 g/mol. The molecule has 3 heterocycles. The molecule has 0 unspecified atom stereocenters. The SMILES string of the molecule is Cc1cc(C)n(-c2ccc(CNC(=O)CCCn3nnc(-c4ccccc4)n3)cn2)n1. The molecule has 0 aliphatic rings. The Balaban J connectivity index is 1.22. The number of rotatable bonds is 8. The van der Waals surface area contributed by atoms with Gasteiger partial charge in [-0.2, -0.15) is 9.90 Å². The third-order valence-corrected chi connectivity index (χ3v) is 4.77. The molecule has 1 amide bonds. The second-order valence-electron chi connectivity index (χ2n) is 7.32. The normalized spacial score (nSPS) is 10.9. The standard InChI is InChI=1S/C22H24N8O/c1-16-13-17(2)30(26-16)20-11-10-18(14-23-20)15-24-21(31)9-6-12-29-27-22(25-28-29)19-7-4-3-5-8-19/h3-5,7-8,10-11,13-14H,6,9,12,15H2,1-2H3,(H,24,31). The van der Waals surface area contributed by atoms with Crippen LogP contribution in [0.5, 0.6) is 0 Å². The second-order valence-corrected chi connectivity index (χ2v) is 7.32. The van der Waals surface area contributed by atoms with E-state index in [2.05, 4.69) is 30.8 Å². The van der Waals surface area contributed by atoms with E-state index in [0.717, 1.165) is 28.3 Å². The maximum atomic E-state index is 12.2. The molecular formula is C22H24N8O. The Labute approximate surface area is 180 Å². The summed E-state index contributed by atoms with van der Waals surface area (Å²) in [4.78, 5) is 18.1. The minimum Gasteiger partial charge on any atom is -0.352 e. The van der Waals surface area contributed by atoms with Crippen LogP contribution in [-0.2, 0) is 17.9 Å². The molecule has 0 radical (unpaired) electrons. The maximum absolute atomic E-state index is 12.2. The Morgan fingerprint density at radius 2 is 1.90 bits per heavy atom. The molecule has 9 nitrogen and oxygen atoms in total. The van der Waals surface area contributed by atoms with Crippen molar-refractivity contribution >= 4 is 5.91 Å². The fourth-order valence-electron chi connectivity index (χ4n) is 3.22. The Hall–Kier alpha value is -3.88. The predicted molar refractivity (Wildman–Crippen MR) is 115 cm³/mol. The van der Waals surface area contributed by atoms with Gasteiger partial charge in [-0.3, -0.25) is 4.79 Å². The van der Waals surface area contributed by atoms with E-state index < -0.39 is 0 Å². The number of pyridine rings is 1. The molecule has 0 spiro atoms. The summed E-state index contributed by atoms with van der Waals surface area (Å²) < 4.78 is 1.80. The molecule has 4 rings (SSSR count). The fourth-order valence-corrected chi connectivity index (χ4v) is 3.22. The topological polar surface area (TPSA) is 103 Å². The van der Waals surface area contributed by atoms with Crippen molar-refractivity contribution < 1.29 is 4.79 Å². The van der Waals surface area contributed by atoms with Gasteiger partial charge in [0.1, 0.15) is 0 Å². The van der Waals surface area contributed by atoms with Crippen LogP contribution in [0.25, 0.3) is 17.2 Å². The van der Waals surface area contributed by atoms with Crippen molar-refractivity contribution in [2.75, 3.05) is 0 Å². The lowest BCUT2D eigenvalue weighted by Gasteiger charge is -2.07. The van der Waals surface area contributed by atoms with Crippen molar-refractivity contribution in [2.45, 2.75) is 39.8 Å². The largest absolute Gasteiger partial charge is 0.352 e. The van der Waals surface area contributed by atoms with E-state index in [1.54, 1.807) is 10.9 Å². The first-order valence-electron chi connectivity index (χ1n) is 10.2. The first-order valence-corrected chi connectivity index (χ1v) is 10.2. The smallest absolute Gasteiger partial charge is 0.220 e. The molecule has 9 heteroatoms. The number of hydrogen-bond acceptors (Lipinski definition) is 6. The summed E-state index contributed by atoms with van der Waals surface area (Å²) in [5, 5.41) is 19.8. The number of nitrogens with one attached hydrogen (secondary N) is 1. The molecule has 3 aromatic heterocycles. The van der Waals surface area contributed by atoms with Crippen LogP contribution in [-0.4, -0.2) is 40.9 Å². The highest BCUT2D eigenvalue weighted by Crippen LogP contribution is 2.12. The number of tetrazole rings is 1. The summed E-state index contributed by atoms with van der Waals surface area (Å²) in [6.45, 7) is 4.91. The van der Waals surface area contributed by atoms with Crippen LogP contribution in [0, 0.1) is 13.8 Å². The molecule has 1 aromatic carbocycles. The van der Waals surface area contributed by atoms with E-state index in [0.29, 0.717) is 31.8 Å². The Bertz CT molecular complexity index is 1150. The lowest BCUT2D eigenvalue weighted by atomic mass is 10.2. The highest BCUT2D eigenvalue weighted by atomic mass is 16.1. The van der Waals surface area contributed by atoms with Gasteiger partial charge in [-0.1, -0.05) is 36.4 Å². The van der Waals surface area contributed by atoms with E-state index in [9.17, 15) is 4.79 Å². The molecule has 0 saturated heterocycles. The van der Waals surface area contributed by atoms with Crippen molar-refractivity contribution in [2.24, 2.45) is 0 Å². The van der Waals surface area contributed by atoms with Crippen molar-refractivity contribution in [3.8, 4) is 17.2 Å². The van der Waals surface area contributed by atoms with Crippen LogP contribution >= 0.6 is 0 Å². The van der Waals surface area contributed by atoms with Crippen molar-refractivity contribution in [1.82, 2.24) is 40.3 Å². The van der Waals surface area contributed by atoms with Crippen LogP contribution in [0.2, 0.25) is 0 Å². The summed E-state index contributed by atoms with van der Waals surface area (Å²) >= 11 is 0. The third kappa shape index (κ3) is 5.19. The van der Waals surface area contributed by atoms with Gasteiger partial charge in [-0.05, 0) is 43.2 Å². The zero-order valence-corrected chi connectivity index (χ0v) is 17.6. The molecule has 31 heavy (non-hydrogen) atoms. The number of hydrogen-bond donors (Lipinski definition) is 1. The quantitative estimate of drug-likeness (QED) is 0.474. The number of carbonyl (C=O) groups excluding carboxylic acids is 1. The molecule has 0 fully saturated rings. The van der Waals surface area contributed by atoms with Crippen LogP contribution in [0.4, 0.5) is 0 Å². The number of aryl methyl sites for hydroxylation is 3. The van der Waals surface area contributed by atoms with Gasteiger partial charge < -0.3 is 5.32 Å². The van der Waals surface area contributed by atoms with Crippen LogP contribution in [0.15, 0.2) is 54.7 Å². The van der Waals surface area contributed by atoms with E-state index in [4.69, 9.17) is 0 Å². The van der Waals surface area contributed by atoms with Gasteiger partial charge >= 0.3 is 0 Å². The Kier molecular flexibility index (Phi) is 6.11. The van der Waals surface area contributed by atoms with Gasteiger partial charge in [0, 0.05) is 30.4 Å². The summed E-state index contributed by atoms with van der Waals surface area (Å²) in [5.41, 5.74) is 3.84. The lowest BCUT2D eigenvalue weighted by Crippen LogP contribution is -2.23. The van der Waals surface area contributed by atoms with Crippen LogP contribution in [0.1, 0.15) is 29.8 Å². The molecule has 0 saturated carbocycles. The van der Waals surface area contributed by atoms with E-state index in [-0.39, 0.29) is 5.91 Å². The first-order chi connectivity index (χ1) is 15.1. The van der Waals surface area contributed by atoms with Gasteiger partial charge in [0.15, 0.2) is 5.82 Å². The predicted octanol–water partition coefficient (Wildman–Crippen LogP) is 2.63. The molecule has 0 aliphatic heterocycles. The summed E-state index contributed by atoms with van der Waals surface area (Å²) in [6.07, 6.45) is 2.78. The zero-order chi connectivity index (χ0) is 21.6. The fraction of sp³-hybridized carbons (Fsp3) is 0.273. The van der Waals surface area contributed by atoms with E-state index in [1.165, 1.54) is 4.80 Å². The van der Waals surface area contributed by atoms with Crippen molar-refractivity contribution in [3.05, 3.63) is 71.7 Å². The highest BCUT2D eigenvalue weighted by molar-refractivity contribution is 5.75. The second kappa shape index (κ2) is 9.29. The van der Waals surface area contributed by atoms with Crippen LogP contribution < -0.4 is 5.32 Å². The van der Waals surface area contributed by atoms with E-state index in [1.807, 2.05) is 62.4 Å². The van der Waals surface area contributed by atoms with Gasteiger partial charge in [0.25, 0.3) is 0 Å². The van der Waals surface area contributed by atoms with Crippen molar-refractivity contribution in [1.29, 1.82) is 0 Å². The van der Waals surface area contributed by atoms with Gasteiger partial charge in [0.2, 0.25) is 11.7 Å². The minimum absolute atomic E-state index is 0.0222. The number of benzene rings is 1.